The number of halogens is 1. The molecule has 0 aromatic carbocycles. The predicted octanol–water partition coefficient (Wildman–Crippen LogP) is 1.91. The summed E-state index contributed by atoms with van der Waals surface area (Å²) in [5.41, 5.74) is 0. The highest BCUT2D eigenvalue weighted by molar-refractivity contribution is 6.18. The van der Waals surface area contributed by atoms with Crippen LogP contribution in [0.4, 0.5) is 0 Å². The lowest BCUT2D eigenvalue weighted by Crippen LogP contribution is -2.20. The van der Waals surface area contributed by atoms with Crippen LogP contribution in [0.5, 0.6) is 0 Å². The van der Waals surface area contributed by atoms with Crippen LogP contribution >= 0.6 is 11.6 Å². The van der Waals surface area contributed by atoms with E-state index in [2.05, 4.69) is 6.92 Å². The molecule has 0 aromatic rings. The van der Waals surface area contributed by atoms with Crippen molar-refractivity contribution in [3.05, 3.63) is 0 Å². The molecule has 0 aliphatic heterocycles. The summed E-state index contributed by atoms with van der Waals surface area (Å²) < 4.78 is 10.2. The number of rotatable bonds is 6. The van der Waals surface area contributed by atoms with Crippen molar-refractivity contribution in [3.8, 4) is 0 Å². The van der Waals surface area contributed by atoms with E-state index in [-0.39, 0.29) is 6.10 Å². The van der Waals surface area contributed by atoms with Gasteiger partial charge in [0.05, 0.1) is 12.7 Å². The van der Waals surface area contributed by atoms with Gasteiger partial charge in [0, 0.05) is 20.1 Å². The van der Waals surface area contributed by atoms with E-state index in [0.717, 1.165) is 6.42 Å². The highest BCUT2D eigenvalue weighted by Gasteiger charge is 2.10. The molecule has 0 rings (SSSR count). The Morgan fingerprint density at radius 3 is 2.36 bits per heavy atom. The Morgan fingerprint density at radius 1 is 1.36 bits per heavy atom. The Hall–Kier alpha value is 0.210. The lowest BCUT2D eigenvalue weighted by Gasteiger charge is -2.16. The van der Waals surface area contributed by atoms with Crippen LogP contribution < -0.4 is 0 Å². The van der Waals surface area contributed by atoms with Crippen LogP contribution in [-0.2, 0) is 9.47 Å². The zero-order valence-corrected chi connectivity index (χ0v) is 8.23. The quantitative estimate of drug-likeness (QED) is 0.582. The second kappa shape index (κ2) is 6.89. The van der Waals surface area contributed by atoms with Crippen LogP contribution in [0.25, 0.3) is 0 Å². The molecule has 0 heterocycles. The maximum absolute atomic E-state index is 5.66. The van der Waals surface area contributed by atoms with Crippen molar-refractivity contribution in [2.24, 2.45) is 5.92 Å². The molecule has 0 radical (unpaired) electrons. The molecule has 0 bridgehead atoms. The molecule has 2 nitrogen and oxygen atoms in total. The van der Waals surface area contributed by atoms with Crippen LogP contribution in [0.3, 0.4) is 0 Å². The standard InChI is InChI=1S/C8H17ClO2/c1-7(5-9)4-8(11-3)6-10-2/h7-8H,4-6H2,1-3H3. The van der Waals surface area contributed by atoms with Crippen LogP contribution in [-0.4, -0.2) is 32.8 Å². The van der Waals surface area contributed by atoms with Gasteiger partial charge in [0.1, 0.15) is 0 Å². The third-order valence-electron chi connectivity index (χ3n) is 1.61. The SMILES string of the molecule is COCC(CC(C)CCl)OC. The van der Waals surface area contributed by atoms with E-state index in [9.17, 15) is 0 Å². The van der Waals surface area contributed by atoms with Gasteiger partial charge in [-0.3, -0.25) is 0 Å². The fraction of sp³-hybridized carbons (Fsp3) is 1.00. The van der Waals surface area contributed by atoms with Crippen molar-refractivity contribution in [1.29, 1.82) is 0 Å². The van der Waals surface area contributed by atoms with Crippen molar-refractivity contribution in [3.63, 3.8) is 0 Å². The normalized spacial score (nSPS) is 16.4. The topological polar surface area (TPSA) is 18.5 Å². The van der Waals surface area contributed by atoms with Gasteiger partial charge in [-0.05, 0) is 12.3 Å². The highest BCUT2D eigenvalue weighted by Crippen LogP contribution is 2.10. The molecule has 2 atom stereocenters. The molecule has 0 amide bonds. The molecule has 0 aromatic heterocycles. The average molecular weight is 181 g/mol. The number of hydrogen-bond donors (Lipinski definition) is 0. The van der Waals surface area contributed by atoms with Crippen molar-refractivity contribution in [2.75, 3.05) is 26.7 Å². The van der Waals surface area contributed by atoms with Crippen LogP contribution in [0, 0.1) is 5.92 Å². The van der Waals surface area contributed by atoms with Gasteiger partial charge in [0.25, 0.3) is 0 Å². The minimum atomic E-state index is 0.189. The van der Waals surface area contributed by atoms with E-state index < -0.39 is 0 Å². The minimum Gasteiger partial charge on any atom is -0.382 e. The van der Waals surface area contributed by atoms with Crippen LogP contribution in [0.1, 0.15) is 13.3 Å². The molecule has 0 fully saturated rings. The molecule has 11 heavy (non-hydrogen) atoms. The van der Waals surface area contributed by atoms with Crippen LogP contribution in [0.2, 0.25) is 0 Å². The number of ether oxygens (including phenoxy) is 2. The van der Waals surface area contributed by atoms with E-state index in [1.807, 2.05) is 0 Å². The molecule has 0 saturated carbocycles. The second-order valence-corrected chi connectivity index (χ2v) is 3.12. The summed E-state index contributed by atoms with van der Waals surface area (Å²) in [6.45, 7) is 2.76. The van der Waals surface area contributed by atoms with E-state index in [1.54, 1.807) is 14.2 Å². The van der Waals surface area contributed by atoms with Gasteiger partial charge in [-0.15, -0.1) is 11.6 Å². The third kappa shape index (κ3) is 5.48. The van der Waals surface area contributed by atoms with E-state index in [0.29, 0.717) is 18.4 Å². The molecule has 68 valence electrons. The monoisotopic (exact) mass is 180 g/mol. The summed E-state index contributed by atoms with van der Waals surface area (Å²) in [4.78, 5) is 0. The zero-order valence-electron chi connectivity index (χ0n) is 7.47. The molecular weight excluding hydrogens is 164 g/mol. The zero-order chi connectivity index (χ0) is 8.69. The Balaban J connectivity index is 3.49. The maximum atomic E-state index is 5.66. The van der Waals surface area contributed by atoms with E-state index >= 15 is 0 Å². The van der Waals surface area contributed by atoms with E-state index in [4.69, 9.17) is 21.1 Å². The summed E-state index contributed by atoms with van der Waals surface area (Å²) in [5.74, 6) is 1.18. The third-order valence-corrected chi connectivity index (χ3v) is 2.14. The largest absolute Gasteiger partial charge is 0.382 e. The molecule has 0 saturated heterocycles. The fourth-order valence-electron chi connectivity index (χ4n) is 0.930. The van der Waals surface area contributed by atoms with Gasteiger partial charge in [-0.2, -0.15) is 0 Å². The Bertz CT molecular complexity index is 88.2. The van der Waals surface area contributed by atoms with Crippen molar-refractivity contribution < 1.29 is 9.47 Å². The minimum absolute atomic E-state index is 0.189. The summed E-state index contributed by atoms with van der Waals surface area (Å²) in [6, 6.07) is 0. The van der Waals surface area contributed by atoms with Gasteiger partial charge in [0.15, 0.2) is 0 Å². The first kappa shape index (κ1) is 11.2. The van der Waals surface area contributed by atoms with Gasteiger partial charge in [-0.25, -0.2) is 0 Å². The summed E-state index contributed by atoms with van der Waals surface area (Å²) in [7, 11) is 3.38. The number of methoxy groups -OCH3 is 2. The van der Waals surface area contributed by atoms with Gasteiger partial charge in [0.2, 0.25) is 0 Å². The summed E-state index contributed by atoms with van der Waals surface area (Å²) in [5, 5.41) is 0. The van der Waals surface area contributed by atoms with Crippen molar-refractivity contribution >= 4 is 11.6 Å². The second-order valence-electron chi connectivity index (χ2n) is 2.81. The lowest BCUT2D eigenvalue weighted by atomic mass is 10.1. The highest BCUT2D eigenvalue weighted by atomic mass is 35.5. The Labute approximate surface area is 73.8 Å². The Morgan fingerprint density at radius 2 is 2.00 bits per heavy atom. The number of hydrogen-bond acceptors (Lipinski definition) is 2. The molecule has 0 aliphatic rings. The van der Waals surface area contributed by atoms with Gasteiger partial charge >= 0.3 is 0 Å². The van der Waals surface area contributed by atoms with Crippen LogP contribution in [0.15, 0.2) is 0 Å². The molecular formula is C8H17ClO2. The van der Waals surface area contributed by atoms with Crippen molar-refractivity contribution in [2.45, 2.75) is 19.4 Å². The van der Waals surface area contributed by atoms with Crippen molar-refractivity contribution in [1.82, 2.24) is 0 Å². The number of alkyl halides is 1. The fourth-order valence-corrected chi connectivity index (χ4v) is 1.06. The lowest BCUT2D eigenvalue weighted by molar-refractivity contribution is 0.0167. The van der Waals surface area contributed by atoms with Gasteiger partial charge in [-0.1, -0.05) is 6.92 Å². The van der Waals surface area contributed by atoms with E-state index in [1.165, 1.54) is 0 Å². The first-order valence-electron chi connectivity index (χ1n) is 3.82. The maximum Gasteiger partial charge on any atom is 0.0807 e. The predicted molar refractivity (Wildman–Crippen MR) is 47.2 cm³/mol. The summed E-state index contributed by atoms with van der Waals surface area (Å²) in [6.07, 6.45) is 1.15. The Kier molecular flexibility index (Phi) is 7.02. The molecule has 2 unspecified atom stereocenters. The molecule has 0 N–H and O–H groups in total. The first-order valence-corrected chi connectivity index (χ1v) is 4.35. The molecule has 0 aliphatic carbocycles. The average Bonchev–Trinajstić information content (AvgIpc) is 2.03. The molecule has 3 heteroatoms. The molecule has 0 spiro atoms. The smallest absolute Gasteiger partial charge is 0.0807 e. The van der Waals surface area contributed by atoms with Gasteiger partial charge < -0.3 is 9.47 Å². The first-order chi connectivity index (χ1) is 5.24. The summed E-state index contributed by atoms with van der Waals surface area (Å²) >= 11 is 5.66.